The second-order valence-electron chi connectivity index (χ2n) is 6.25. The Morgan fingerprint density at radius 3 is 2.41 bits per heavy atom. The van der Waals surface area contributed by atoms with Crippen molar-refractivity contribution in [2.75, 3.05) is 24.9 Å². The molecule has 0 unspecified atom stereocenters. The minimum absolute atomic E-state index is 0.392. The number of rotatable bonds is 6. The molecule has 0 atom stereocenters. The Morgan fingerprint density at radius 2 is 1.78 bits per heavy atom. The van der Waals surface area contributed by atoms with Gasteiger partial charge in [-0.25, -0.2) is 0 Å². The van der Waals surface area contributed by atoms with Gasteiger partial charge in [0.1, 0.15) is 16.9 Å². The molecule has 0 spiro atoms. The zero-order chi connectivity index (χ0) is 19.4. The van der Waals surface area contributed by atoms with Crippen molar-refractivity contribution >= 4 is 23.2 Å². The number of hydrogen-bond donors (Lipinski definition) is 2. The Kier molecular flexibility index (Phi) is 4.99. The van der Waals surface area contributed by atoms with Crippen molar-refractivity contribution < 1.29 is 19.1 Å². The molecule has 0 aromatic heterocycles. The number of nitriles is 1. The largest absolute Gasteiger partial charge is 0.497 e. The highest BCUT2D eigenvalue weighted by Crippen LogP contribution is 2.48. The quantitative estimate of drug-likeness (QED) is 0.767. The third kappa shape index (κ3) is 3.70. The second kappa shape index (κ2) is 7.38. The van der Waals surface area contributed by atoms with Crippen molar-refractivity contribution in [3.05, 3.63) is 48.0 Å². The van der Waals surface area contributed by atoms with Gasteiger partial charge in [0.25, 0.3) is 0 Å². The number of carbonyl (C=O) groups excluding carboxylic acids is 2. The highest BCUT2D eigenvalue weighted by atomic mass is 16.5. The van der Waals surface area contributed by atoms with Gasteiger partial charge in [-0.1, -0.05) is 6.07 Å². The SMILES string of the molecule is COc1ccc(OC)c(NC(=O)C2(C(=O)Nc3cccc(C#N)c3)CC2)c1. The molecule has 0 saturated heterocycles. The molecule has 138 valence electrons. The lowest BCUT2D eigenvalue weighted by Gasteiger charge is -2.17. The zero-order valence-electron chi connectivity index (χ0n) is 15.0. The van der Waals surface area contributed by atoms with Gasteiger partial charge in [-0.15, -0.1) is 0 Å². The summed E-state index contributed by atoms with van der Waals surface area (Å²) in [5.74, 6) is 0.246. The van der Waals surface area contributed by atoms with Crippen LogP contribution in [-0.2, 0) is 9.59 Å². The van der Waals surface area contributed by atoms with Crippen molar-refractivity contribution in [3.63, 3.8) is 0 Å². The number of anilines is 2. The van der Waals surface area contributed by atoms with E-state index in [-0.39, 0.29) is 0 Å². The van der Waals surface area contributed by atoms with Gasteiger partial charge in [0.15, 0.2) is 0 Å². The molecule has 7 heteroatoms. The molecular formula is C20H19N3O4. The van der Waals surface area contributed by atoms with Crippen LogP contribution in [0.4, 0.5) is 11.4 Å². The van der Waals surface area contributed by atoms with E-state index in [4.69, 9.17) is 14.7 Å². The summed E-state index contributed by atoms with van der Waals surface area (Å²) < 4.78 is 10.4. The van der Waals surface area contributed by atoms with Crippen LogP contribution in [0.1, 0.15) is 18.4 Å². The van der Waals surface area contributed by atoms with E-state index >= 15 is 0 Å². The molecule has 0 radical (unpaired) electrons. The van der Waals surface area contributed by atoms with Gasteiger partial charge in [-0.2, -0.15) is 5.26 Å². The Hall–Kier alpha value is -3.53. The van der Waals surface area contributed by atoms with Crippen LogP contribution in [0.5, 0.6) is 11.5 Å². The van der Waals surface area contributed by atoms with Gasteiger partial charge in [0.05, 0.1) is 31.5 Å². The lowest BCUT2D eigenvalue weighted by molar-refractivity contribution is -0.131. The van der Waals surface area contributed by atoms with E-state index in [0.717, 1.165) is 0 Å². The summed E-state index contributed by atoms with van der Waals surface area (Å²) in [6.07, 6.45) is 0.907. The zero-order valence-corrected chi connectivity index (χ0v) is 15.0. The van der Waals surface area contributed by atoms with Gasteiger partial charge in [0.2, 0.25) is 11.8 Å². The van der Waals surface area contributed by atoms with Crippen molar-refractivity contribution in [2.24, 2.45) is 5.41 Å². The smallest absolute Gasteiger partial charge is 0.240 e. The van der Waals surface area contributed by atoms with Crippen LogP contribution in [0.3, 0.4) is 0 Å². The molecule has 0 aliphatic heterocycles. The predicted octanol–water partition coefficient (Wildman–Crippen LogP) is 2.93. The van der Waals surface area contributed by atoms with E-state index in [1.54, 1.807) is 42.5 Å². The average Bonchev–Trinajstić information content (AvgIpc) is 3.50. The monoisotopic (exact) mass is 365 g/mol. The van der Waals surface area contributed by atoms with E-state index in [9.17, 15) is 9.59 Å². The molecule has 2 aromatic carbocycles. The number of methoxy groups -OCH3 is 2. The van der Waals surface area contributed by atoms with Gasteiger partial charge in [-0.3, -0.25) is 9.59 Å². The molecule has 3 rings (SSSR count). The van der Waals surface area contributed by atoms with E-state index in [2.05, 4.69) is 10.6 Å². The molecule has 7 nitrogen and oxygen atoms in total. The van der Waals surface area contributed by atoms with Crippen molar-refractivity contribution in [3.8, 4) is 17.6 Å². The minimum Gasteiger partial charge on any atom is -0.497 e. The summed E-state index contributed by atoms with van der Waals surface area (Å²) in [7, 11) is 3.03. The number of hydrogen-bond acceptors (Lipinski definition) is 5. The number of nitrogens with zero attached hydrogens (tertiary/aromatic N) is 1. The predicted molar refractivity (Wildman–Crippen MR) is 99.6 cm³/mol. The fraction of sp³-hybridized carbons (Fsp3) is 0.250. The number of carbonyl (C=O) groups is 2. The average molecular weight is 365 g/mol. The fourth-order valence-corrected chi connectivity index (χ4v) is 2.75. The summed E-state index contributed by atoms with van der Waals surface area (Å²) in [6, 6.07) is 13.6. The number of ether oxygens (including phenoxy) is 2. The summed E-state index contributed by atoms with van der Waals surface area (Å²) in [5.41, 5.74) is 0.226. The normalized spacial score (nSPS) is 13.8. The molecule has 0 bridgehead atoms. The van der Waals surface area contributed by atoms with Crippen LogP contribution in [0, 0.1) is 16.7 Å². The van der Waals surface area contributed by atoms with Crippen LogP contribution in [-0.4, -0.2) is 26.0 Å². The minimum atomic E-state index is -1.13. The van der Waals surface area contributed by atoms with Crippen LogP contribution in [0.2, 0.25) is 0 Å². The van der Waals surface area contributed by atoms with Crippen LogP contribution < -0.4 is 20.1 Å². The molecule has 27 heavy (non-hydrogen) atoms. The van der Waals surface area contributed by atoms with Gasteiger partial charge >= 0.3 is 0 Å². The molecule has 2 aromatic rings. The molecular weight excluding hydrogens is 346 g/mol. The van der Waals surface area contributed by atoms with Crippen LogP contribution in [0.25, 0.3) is 0 Å². The number of benzene rings is 2. The maximum absolute atomic E-state index is 12.8. The molecule has 1 saturated carbocycles. The topological polar surface area (TPSA) is 100 Å². The first-order chi connectivity index (χ1) is 13.0. The summed E-state index contributed by atoms with van der Waals surface area (Å²) in [4.78, 5) is 25.5. The van der Waals surface area contributed by atoms with E-state index in [1.807, 2.05) is 6.07 Å². The van der Waals surface area contributed by atoms with E-state index in [1.165, 1.54) is 14.2 Å². The first-order valence-corrected chi connectivity index (χ1v) is 8.37. The number of nitrogens with one attached hydrogen (secondary N) is 2. The second-order valence-corrected chi connectivity index (χ2v) is 6.25. The highest BCUT2D eigenvalue weighted by molar-refractivity contribution is 6.17. The molecule has 1 aliphatic rings. The van der Waals surface area contributed by atoms with Crippen molar-refractivity contribution in [2.45, 2.75) is 12.8 Å². The molecule has 2 N–H and O–H groups in total. The Bertz CT molecular complexity index is 929. The van der Waals surface area contributed by atoms with Gasteiger partial charge in [0, 0.05) is 11.8 Å². The maximum Gasteiger partial charge on any atom is 0.240 e. The van der Waals surface area contributed by atoms with Gasteiger partial charge in [-0.05, 0) is 43.2 Å². The van der Waals surface area contributed by atoms with Crippen molar-refractivity contribution in [1.29, 1.82) is 5.26 Å². The maximum atomic E-state index is 12.8. The highest BCUT2D eigenvalue weighted by Gasteiger charge is 2.56. The molecule has 1 fully saturated rings. The Labute approximate surface area is 156 Å². The fourth-order valence-electron chi connectivity index (χ4n) is 2.75. The summed E-state index contributed by atoms with van der Waals surface area (Å²) >= 11 is 0. The third-order valence-corrected chi connectivity index (χ3v) is 4.52. The van der Waals surface area contributed by atoms with E-state index in [0.29, 0.717) is 41.3 Å². The van der Waals surface area contributed by atoms with Crippen LogP contribution in [0.15, 0.2) is 42.5 Å². The third-order valence-electron chi connectivity index (χ3n) is 4.52. The van der Waals surface area contributed by atoms with E-state index < -0.39 is 17.2 Å². The first-order valence-electron chi connectivity index (χ1n) is 8.37. The standard InChI is InChI=1S/C20H19N3O4/c1-26-15-6-7-17(27-2)16(11-15)23-19(25)20(8-9-20)18(24)22-14-5-3-4-13(10-14)12-21/h3-7,10-11H,8-9H2,1-2H3,(H,22,24)(H,23,25). The Balaban J connectivity index is 1.76. The summed E-state index contributed by atoms with van der Waals surface area (Å²) in [6.45, 7) is 0. The lowest BCUT2D eigenvalue weighted by atomic mass is 10.0. The first kappa shape index (κ1) is 18.3. The molecule has 2 amide bonds. The Morgan fingerprint density at radius 1 is 1.04 bits per heavy atom. The molecule has 1 aliphatic carbocycles. The number of amides is 2. The van der Waals surface area contributed by atoms with Gasteiger partial charge < -0.3 is 20.1 Å². The van der Waals surface area contributed by atoms with Crippen molar-refractivity contribution in [1.82, 2.24) is 0 Å². The van der Waals surface area contributed by atoms with Crippen LogP contribution >= 0.6 is 0 Å². The lowest BCUT2D eigenvalue weighted by Crippen LogP contribution is -2.35. The summed E-state index contributed by atoms with van der Waals surface area (Å²) in [5, 5.41) is 14.5. The molecule has 0 heterocycles.